The molecule has 0 atom stereocenters. The molecule has 0 bridgehead atoms. The molecule has 1 aromatic carbocycles. The molecule has 21 heavy (non-hydrogen) atoms. The predicted octanol–water partition coefficient (Wildman–Crippen LogP) is 1.51. The highest BCUT2D eigenvalue weighted by Crippen LogP contribution is 2.34. The van der Waals surface area contributed by atoms with E-state index in [1.807, 2.05) is 13.0 Å². The summed E-state index contributed by atoms with van der Waals surface area (Å²) in [6, 6.07) is 3.60. The maximum absolute atomic E-state index is 11.2. The summed E-state index contributed by atoms with van der Waals surface area (Å²) in [6.45, 7) is 4.41. The smallest absolute Gasteiger partial charge is 0.148 e. The average molecular weight is 312 g/mol. The molecule has 0 aromatic heterocycles. The van der Waals surface area contributed by atoms with E-state index in [0.29, 0.717) is 18.2 Å². The summed E-state index contributed by atoms with van der Waals surface area (Å²) in [5.41, 5.74) is 8.39. The first-order chi connectivity index (χ1) is 9.76. The molecule has 1 fully saturated rings. The van der Waals surface area contributed by atoms with Crippen molar-refractivity contribution in [3.8, 4) is 5.75 Å². The van der Waals surface area contributed by atoms with E-state index in [0.717, 1.165) is 37.1 Å². The lowest BCUT2D eigenvalue weighted by Crippen LogP contribution is -2.36. The molecule has 1 heterocycles. The Balaban J connectivity index is 1.97. The van der Waals surface area contributed by atoms with Crippen molar-refractivity contribution in [2.45, 2.75) is 25.7 Å². The number of piperidine rings is 1. The van der Waals surface area contributed by atoms with Gasteiger partial charge in [-0.15, -0.1) is 0 Å². The van der Waals surface area contributed by atoms with Gasteiger partial charge in [0, 0.05) is 12.8 Å². The van der Waals surface area contributed by atoms with E-state index < -0.39 is 9.84 Å². The Bertz CT molecular complexity index is 606. The number of anilines is 1. The number of phenols is 1. The fraction of sp³-hybridized carbons (Fsp3) is 0.600. The highest BCUT2D eigenvalue weighted by Gasteiger charge is 2.23. The molecule has 3 N–H and O–H groups in total. The molecule has 5 nitrogen and oxygen atoms in total. The monoisotopic (exact) mass is 312 g/mol. The van der Waals surface area contributed by atoms with Crippen molar-refractivity contribution in [1.82, 2.24) is 4.90 Å². The van der Waals surface area contributed by atoms with Gasteiger partial charge in [0.05, 0.1) is 11.4 Å². The van der Waals surface area contributed by atoms with Crippen LogP contribution in [0.4, 0.5) is 5.69 Å². The van der Waals surface area contributed by atoms with Gasteiger partial charge in [0.25, 0.3) is 0 Å². The summed E-state index contributed by atoms with van der Waals surface area (Å²) in [7, 11) is -2.89. The van der Waals surface area contributed by atoms with Gasteiger partial charge < -0.3 is 15.7 Å². The summed E-state index contributed by atoms with van der Waals surface area (Å²) in [5, 5.41) is 9.78. The van der Waals surface area contributed by atoms with Crippen LogP contribution in [0.15, 0.2) is 12.1 Å². The van der Waals surface area contributed by atoms with Gasteiger partial charge in [0.2, 0.25) is 0 Å². The second kappa shape index (κ2) is 6.23. The number of rotatable bonds is 4. The number of benzene rings is 1. The molecule has 1 aliphatic heterocycles. The zero-order valence-electron chi connectivity index (χ0n) is 12.7. The number of likely N-dealkylation sites (tertiary alicyclic amines) is 1. The summed E-state index contributed by atoms with van der Waals surface area (Å²) in [5.74, 6) is 0.778. The summed E-state index contributed by atoms with van der Waals surface area (Å²) in [4.78, 5) is 2.20. The quantitative estimate of drug-likeness (QED) is 0.650. The lowest BCUT2D eigenvalue weighted by atomic mass is 9.86. The van der Waals surface area contributed by atoms with E-state index in [-0.39, 0.29) is 11.5 Å². The molecule has 1 aliphatic rings. The standard InChI is InChI=1S/C15H24N2O3S/c1-11-9-14(16)15(18)10-13(11)12-3-5-17(6-4-12)7-8-21(2,19)20/h9-10,12,18H,3-8,16H2,1-2H3. The topological polar surface area (TPSA) is 83.6 Å². The van der Waals surface area contributed by atoms with Gasteiger partial charge in [-0.3, -0.25) is 0 Å². The van der Waals surface area contributed by atoms with Crippen molar-refractivity contribution >= 4 is 15.5 Å². The van der Waals surface area contributed by atoms with Gasteiger partial charge in [-0.25, -0.2) is 8.42 Å². The van der Waals surface area contributed by atoms with Crippen LogP contribution in [-0.2, 0) is 9.84 Å². The number of aromatic hydroxyl groups is 1. The van der Waals surface area contributed by atoms with Crippen LogP contribution in [-0.4, -0.2) is 50.1 Å². The Kier molecular flexibility index (Phi) is 4.78. The Labute approximate surface area is 126 Å². The van der Waals surface area contributed by atoms with Crippen LogP contribution in [0.5, 0.6) is 5.75 Å². The maximum atomic E-state index is 11.2. The molecule has 6 heteroatoms. The normalized spacial score (nSPS) is 18.0. The van der Waals surface area contributed by atoms with E-state index in [1.54, 1.807) is 6.07 Å². The summed E-state index contributed by atoms with van der Waals surface area (Å²) < 4.78 is 22.4. The van der Waals surface area contributed by atoms with Crippen molar-refractivity contribution in [3.63, 3.8) is 0 Å². The van der Waals surface area contributed by atoms with E-state index in [9.17, 15) is 13.5 Å². The van der Waals surface area contributed by atoms with E-state index in [1.165, 1.54) is 6.26 Å². The summed E-state index contributed by atoms with van der Waals surface area (Å²) >= 11 is 0. The Morgan fingerprint density at radius 2 is 1.95 bits per heavy atom. The molecule has 0 saturated carbocycles. The van der Waals surface area contributed by atoms with Gasteiger partial charge in [0.1, 0.15) is 15.6 Å². The van der Waals surface area contributed by atoms with Crippen LogP contribution < -0.4 is 5.73 Å². The van der Waals surface area contributed by atoms with Gasteiger partial charge >= 0.3 is 0 Å². The lowest BCUT2D eigenvalue weighted by molar-refractivity contribution is 0.223. The van der Waals surface area contributed by atoms with Crippen molar-refractivity contribution in [3.05, 3.63) is 23.3 Å². The molecular weight excluding hydrogens is 288 g/mol. The second-order valence-corrected chi connectivity index (χ2v) is 8.27. The van der Waals surface area contributed by atoms with E-state index in [4.69, 9.17) is 5.73 Å². The van der Waals surface area contributed by atoms with E-state index in [2.05, 4.69) is 4.90 Å². The van der Waals surface area contributed by atoms with Crippen LogP contribution in [0.2, 0.25) is 0 Å². The second-order valence-electron chi connectivity index (χ2n) is 6.01. The zero-order chi connectivity index (χ0) is 15.6. The molecule has 0 amide bonds. The Hall–Kier alpha value is -1.27. The molecule has 2 rings (SSSR count). The van der Waals surface area contributed by atoms with Gasteiger partial charge in [-0.05, 0) is 62.0 Å². The molecule has 0 aliphatic carbocycles. The first kappa shape index (κ1) is 16.1. The molecule has 1 saturated heterocycles. The largest absolute Gasteiger partial charge is 0.506 e. The fourth-order valence-corrected chi connectivity index (χ4v) is 3.53. The first-order valence-corrected chi connectivity index (χ1v) is 9.31. The molecule has 0 spiro atoms. The highest BCUT2D eigenvalue weighted by molar-refractivity contribution is 7.90. The number of sulfone groups is 1. The number of aryl methyl sites for hydroxylation is 1. The third kappa shape index (κ3) is 4.35. The predicted molar refractivity (Wildman–Crippen MR) is 85.4 cm³/mol. The van der Waals surface area contributed by atoms with Crippen LogP contribution in [0.1, 0.15) is 29.9 Å². The summed E-state index contributed by atoms with van der Waals surface area (Å²) in [6.07, 6.45) is 3.24. The average Bonchev–Trinajstić information content (AvgIpc) is 2.40. The number of phenolic OH excluding ortho intramolecular Hbond substituents is 1. The molecule has 0 radical (unpaired) electrons. The highest BCUT2D eigenvalue weighted by atomic mass is 32.2. The van der Waals surface area contributed by atoms with Gasteiger partial charge in [-0.2, -0.15) is 0 Å². The fourth-order valence-electron chi connectivity index (χ4n) is 2.94. The molecule has 0 unspecified atom stereocenters. The number of nitrogens with two attached hydrogens (primary N) is 1. The Morgan fingerprint density at radius 1 is 1.33 bits per heavy atom. The van der Waals surface area contributed by atoms with Gasteiger partial charge in [0.15, 0.2) is 0 Å². The SMILES string of the molecule is Cc1cc(N)c(O)cc1C1CCN(CCS(C)(=O)=O)CC1. The number of hydrogen-bond acceptors (Lipinski definition) is 5. The van der Waals surface area contributed by atoms with Crippen LogP contribution in [0.25, 0.3) is 0 Å². The van der Waals surface area contributed by atoms with Crippen molar-refractivity contribution in [2.75, 3.05) is 37.4 Å². The zero-order valence-corrected chi connectivity index (χ0v) is 13.5. The number of nitrogen functional groups attached to an aromatic ring is 1. The number of nitrogens with zero attached hydrogens (tertiary/aromatic N) is 1. The minimum atomic E-state index is -2.89. The van der Waals surface area contributed by atoms with Crippen LogP contribution in [0, 0.1) is 6.92 Å². The third-order valence-corrected chi connectivity index (χ3v) is 5.15. The van der Waals surface area contributed by atoms with E-state index >= 15 is 0 Å². The minimum absolute atomic E-state index is 0.148. The lowest BCUT2D eigenvalue weighted by Gasteiger charge is -2.32. The Morgan fingerprint density at radius 3 is 2.52 bits per heavy atom. The molecule has 1 aromatic rings. The van der Waals surface area contributed by atoms with Crippen molar-refractivity contribution in [1.29, 1.82) is 0 Å². The molecule has 118 valence electrons. The van der Waals surface area contributed by atoms with Crippen LogP contribution >= 0.6 is 0 Å². The maximum Gasteiger partial charge on any atom is 0.148 e. The van der Waals surface area contributed by atoms with Crippen molar-refractivity contribution < 1.29 is 13.5 Å². The van der Waals surface area contributed by atoms with Gasteiger partial charge in [-0.1, -0.05) is 0 Å². The minimum Gasteiger partial charge on any atom is -0.506 e. The van der Waals surface area contributed by atoms with Crippen LogP contribution in [0.3, 0.4) is 0 Å². The third-order valence-electron chi connectivity index (χ3n) is 4.22. The first-order valence-electron chi connectivity index (χ1n) is 7.25. The number of hydrogen-bond donors (Lipinski definition) is 2. The van der Waals surface area contributed by atoms with Crippen molar-refractivity contribution in [2.24, 2.45) is 0 Å². The molecular formula is C15H24N2O3S.